The summed E-state index contributed by atoms with van der Waals surface area (Å²) in [4.78, 5) is 33.3. The zero-order valence-electron chi connectivity index (χ0n) is 56.2. The summed E-state index contributed by atoms with van der Waals surface area (Å²) in [6.45, 7) is 8.94. The molecule has 1 atom stereocenters. The van der Waals surface area contributed by atoms with Gasteiger partial charge in [0.2, 0.25) is 0 Å². The molecule has 484 valence electrons. The van der Waals surface area contributed by atoms with E-state index in [1.165, 1.54) is 134 Å². The van der Waals surface area contributed by atoms with Gasteiger partial charge in [-0.1, -0.05) is 230 Å². The van der Waals surface area contributed by atoms with Gasteiger partial charge in [-0.25, -0.2) is 0 Å². The molecule has 11 aromatic rings. The van der Waals surface area contributed by atoms with Crippen molar-refractivity contribution in [3.63, 3.8) is 0 Å². The molecule has 0 N–H and O–H groups in total. The van der Waals surface area contributed by atoms with Crippen LogP contribution in [0, 0.1) is 52.2 Å². The molecule has 6 nitrogen and oxygen atoms in total. The molecular formula is C89H72N4O2S4. The van der Waals surface area contributed by atoms with Gasteiger partial charge in [-0.2, -0.15) is 21.0 Å². The molecular weight excluding hydrogens is 1290 g/mol. The lowest BCUT2D eigenvalue weighted by Gasteiger charge is -2.36. The van der Waals surface area contributed by atoms with Crippen LogP contribution in [-0.2, 0) is 30.1 Å². The quantitative estimate of drug-likeness (QED) is 0.0400. The number of carbonyl (C=O) groups is 2. The third kappa shape index (κ3) is 10.8. The van der Waals surface area contributed by atoms with Crippen LogP contribution in [0.1, 0.15) is 206 Å². The molecule has 0 radical (unpaired) electrons. The Morgan fingerprint density at radius 2 is 0.727 bits per heavy atom. The fraction of sp³-hybridized carbons (Fsp3) is 0.236. The van der Waals surface area contributed by atoms with Gasteiger partial charge in [-0.3, -0.25) is 9.59 Å². The third-order valence-corrected chi connectivity index (χ3v) is 25.8. The van der Waals surface area contributed by atoms with E-state index in [2.05, 4.69) is 173 Å². The SMILES string of the molecule is CCCCCCc1ccc(C2(c3ccc(C)cc3)c3cc4c(cc3-c3sc5cc(/C=C6\C(=O)c7ccccc7C6=C(C#N)C#N)sc5c32)C(c2ccc(CCCCCC)cc2)(c2ccc(CCCCCC)cc2)c2c-4sc3cc(/C=C4\C(=O)c5ccccc5C4=C(C#N)C#N)sc23)cc1. The number of unbranched alkanes of at least 4 members (excludes halogenated alkanes) is 9. The summed E-state index contributed by atoms with van der Waals surface area (Å²) in [7, 11) is 0. The van der Waals surface area contributed by atoms with Gasteiger partial charge in [-0.05, 0) is 154 Å². The summed E-state index contributed by atoms with van der Waals surface area (Å²) in [6.07, 6.45) is 21.0. The number of benzene rings is 7. The minimum Gasteiger partial charge on any atom is -0.289 e. The number of nitriles is 4. The van der Waals surface area contributed by atoms with Crippen molar-refractivity contribution in [1.82, 2.24) is 0 Å². The Morgan fingerprint density at radius 3 is 1.06 bits per heavy atom. The largest absolute Gasteiger partial charge is 0.289 e. The lowest BCUT2D eigenvalue weighted by atomic mass is 9.65. The molecule has 7 aromatic carbocycles. The summed E-state index contributed by atoms with van der Waals surface area (Å²) in [5, 5.41) is 41.5. The Bertz CT molecular complexity index is 5330. The molecule has 10 heteroatoms. The molecule has 0 fully saturated rings. The maximum absolute atomic E-state index is 14.6. The number of rotatable bonds is 21. The lowest BCUT2D eigenvalue weighted by molar-refractivity contribution is 0.103. The van der Waals surface area contributed by atoms with Crippen LogP contribution in [0.2, 0.25) is 0 Å². The first-order valence-corrected chi connectivity index (χ1v) is 38.3. The van der Waals surface area contributed by atoms with Crippen molar-refractivity contribution < 1.29 is 9.59 Å². The fourth-order valence-electron chi connectivity index (χ4n) is 16.2. The van der Waals surface area contributed by atoms with E-state index in [0.29, 0.717) is 44.5 Å². The summed E-state index contributed by atoms with van der Waals surface area (Å²) in [5.74, 6) is -0.396. The first kappa shape index (κ1) is 65.1. The second-order valence-corrected chi connectivity index (χ2v) is 31.2. The van der Waals surface area contributed by atoms with Crippen LogP contribution >= 0.6 is 45.3 Å². The molecule has 0 saturated carbocycles. The molecule has 0 saturated heterocycles. The number of nitrogens with zero attached hydrogens (tertiary/aromatic N) is 4. The van der Waals surface area contributed by atoms with E-state index >= 15 is 0 Å². The van der Waals surface area contributed by atoms with Crippen molar-refractivity contribution in [2.24, 2.45) is 0 Å². The number of allylic oxidation sites excluding steroid dienone is 6. The molecule has 4 aliphatic carbocycles. The smallest absolute Gasteiger partial charge is 0.194 e. The first-order valence-electron chi connectivity index (χ1n) is 35.0. The van der Waals surface area contributed by atoms with Crippen LogP contribution in [0.25, 0.3) is 63.0 Å². The third-order valence-electron chi connectivity index (χ3n) is 21.0. The van der Waals surface area contributed by atoms with Gasteiger partial charge in [-0.15, -0.1) is 45.3 Å². The van der Waals surface area contributed by atoms with Crippen LogP contribution in [0.4, 0.5) is 0 Å². The highest BCUT2D eigenvalue weighted by Gasteiger charge is 2.54. The van der Waals surface area contributed by atoms with E-state index in [4.69, 9.17) is 0 Å². The van der Waals surface area contributed by atoms with E-state index in [0.717, 1.165) is 78.2 Å². The molecule has 4 heterocycles. The topological polar surface area (TPSA) is 129 Å². The molecule has 1 unspecified atom stereocenters. The van der Waals surface area contributed by atoms with Gasteiger partial charge in [0.15, 0.2) is 11.6 Å². The number of thiophene rings is 4. The number of aryl methyl sites for hydroxylation is 4. The van der Waals surface area contributed by atoms with Gasteiger partial charge >= 0.3 is 0 Å². The van der Waals surface area contributed by atoms with Gasteiger partial charge in [0.05, 0.1) is 20.2 Å². The maximum Gasteiger partial charge on any atom is 0.194 e. The summed E-state index contributed by atoms with van der Waals surface area (Å²) in [6, 6.07) is 70.4. The van der Waals surface area contributed by atoms with Gasteiger partial charge in [0.25, 0.3) is 0 Å². The number of ketones is 2. The minimum atomic E-state index is -0.834. The number of hydrogen-bond donors (Lipinski definition) is 0. The Labute approximate surface area is 596 Å². The van der Waals surface area contributed by atoms with Crippen LogP contribution in [-0.4, -0.2) is 11.6 Å². The Hall–Kier alpha value is -9.88. The van der Waals surface area contributed by atoms with Crippen LogP contribution in [0.15, 0.2) is 192 Å². The minimum absolute atomic E-state index is 0.0828. The second kappa shape index (κ2) is 27.1. The Morgan fingerprint density at radius 1 is 0.394 bits per heavy atom. The number of Topliss-reactive ketones (excluding diaryl/α,β-unsaturated/α-hetero) is 2. The van der Waals surface area contributed by atoms with Crippen molar-refractivity contribution in [2.75, 3.05) is 0 Å². The van der Waals surface area contributed by atoms with Gasteiger partial charge in [0, 0.05) is 73.5 Å². The fourth-order valence-corrected chi connectivity index (χ4v) is 21.7. The van der Waals surface area contributed by atoms with Crippen molar-refractivity contribution in [2.45, 2.75) is 135 Å². The van der Waals surface area contributed by atoms with E-state index in [1.54, 1.807) is 46.1 Å². The highest BCUT2D eigenvalue weighted by molar-refractivity contribution is 7.31. The molecule has 15 rings (SSSR count). The van der Waals surface area contributed by atoms with Gasteiger partial charge in [0.1, 0.15) is 35.4 Å². The molecule has 0 aliphatic heterocycles. The highest BCUT2D eigenvalue weighted by atomic mass is 32.1. The monoisotopic (exact) mass is 1360 g/mol. The number of fused-ring (bicyclic) bond motifs is 12. The summed E-state index contributed by atoms with van der Waals surface area (Å²) >= 11 is 6.96. The number of carbonyl (C=O) groups excluding carboxylic acids is 2. The molecule has 4 aliphatic rings. The number of hydrogen-bond acceptors (Lipinski definition) is 10. The van der Waals surface area contributed by atoms with Crippen molar-refractivity contribution in [3.8, 4) is 45.2 Å². The average molecular weight is 1360 g/mol. The Kier molecular flexibility index (Phi) is 17.8. The second-order valence-electron chi connectivity index (χ2n) is 26.9. The summed E-state index contributed by atoms with van der Waals surface area (Å²) < 4.78 is 4.46. The normalized spacial score (nSPS) is 16.0. The van der Waals surface area contributed by atoms with Crippen LogP contribution in [0.3, 0.4) is 0 Å². The summed E-state index contributed by atoms with van der Waals surface area (Å²) in [5.41, 5.74) is 18.8. The van der Waals surface area contributed by atoms with Crippen molar-refractivity contribution in [3.05, 3.63) is 291 Å². The molecule has 4 aromatic heterocycles. The standard InChI is InChI=1S/C89H72N4O2S4/c1-5-8-11-14-21-55-30-38-61(39-31-55)88(60-36-28-54(4)29-37-60)74-48-71-75(49-70(74)84-80(88)86-76(98-84)46-64(96-86)44-72-78(58(50-90)51-91)66-24-17-19-26-68(66)82(72)94)89(62-40-32-56(33-41-62)22-15-12-9-6-2,63-42-34-57(35-43-63)23-16-13-10-7-3)81-85(71)99-77-47-65(97-87(77)81)45-73-79(59(52-92)53-93)67-25-18-20-27-69(67)83(73)95/h17-20,24-49H,5-16,21-23H2,1-4H3/b72-44-,73-45-. The van der Waals surface area contributed by atoms with E-state index in [9.17, 15) is 30.6 Å². The van der Waals surface area contributed by atoms with Crippen LogP contribution < -0.4 is 0 Å². The van der Waals surface area contributed by atoms with Crippen molar-refractivity contribution in [1.29, 1.82) is 21.0 Å². The molecule has 0 bridgehead atoms. The molecule has 99 heavy (non-hydrogen) atoms. The van der Waals surface area contributed by atoms with Crippen LogP contribution in [0.5, 0.6) is 0 Å². The van der Waals surface area contributed by atoms with E-state index in [-0.39, 0.29) is 22.7 Å². The first-order chi connectivity index (χ1) is 48.5. The molecule has 0 spiro atoms. The predicted octanol–water partition coefficient (Wildman–Crippen LogP) is 23.8. The lowest BCUT2D eigenvalue weighted by Crippen LogP contribution is -2.30. The Balaban J connectivity index is 1.01. The maximum atomic E-state index is 14.6. The van der Waals surface area contributed by atoms with Crippen molar-refractivity contribution >= 4 is 99.0 Å². The molecule has 0 amide bonds. The average Bonchev–Trinajstić information content (AvgIpc) is 1.49. The van der Waals surface area contributed by atoms with Gasteiger partial charge < -0.3 is 0 Å². The van der Waals surface area contributed by atoms with E-state index < -0.39 is 10.8 Å². The zero-order chi connectivity index (χ0) is 68.1. The van der Waals surface area contributed by atoms with E-state index in [1.807, 2.05) is 59.9 Å². The highest BCUT2D eigenvalue weighted by Crippen LogP contribution is 2.68. The zero-order valence-corrected chi connectivity index (χ0v) is 59.4. The predicted molar refractivity (Wildman–Crippen MR) is 410 cm³/mol.